The summed E-state index contributed by atoms with van der Waals surface area (Å²) in [6.45, 7) is 3.76. The van der Waals surface area contributed by atoms with E-state index in [1.54, 1.807) is 18.2 Å². The average Bonchev–Trinajstić information content (AvgIpc) is 3.32. The number of nitrogens with one attached hydrogen (secondary N) is 2. The van der Waals surface area contributed by atoms with Crippen LogP contribution in [0, 0.1) is 5.92 Å². The van der Waals surface area contributed by atoms with Gasteiger partial charge in [0.25, 0.3) is 5.91 Å². The van der Waals surface area contributed by atoms with Gasteiger partial charge in [0, 0.05) is 29.7 Å². The molecular weight excluding hydrogens is 516 g/mol. The van der Waals surface area contributed by atoms with Crippen LogP contribution in [0.4, 0.5) is 5.69 Å². The number of amides is 1. The van der Waals surface area contributed by atoms with Gasteiger partial charge in [-0.05, 0) is 66.4 Å². The van der Waals surface area contributed by atoms with Crippen molar-refractivity contribution >= 4 is 32.5 Å². The van der Waals surface area contributed by atoms with Crippen molar-refractivity contribution in [3.8, 4) is 5.75 Å². The van der Waals surface area contributed by atoms with Crippen LogP contribution in [0.1, 0.15) is 29.9 Å². The number of aliphatic hydroxyl groups excluding tert-OH is 1. The summed E-state index contributed by atoms with van der Waals surface area (Å²) in [7, 11) is -3.94. The van der Waals surface area contributed by atoms with Crippen molar-refractivity contribution in [1.29, 1.82) is 0 Å². The van der Waals surface area contributed by atoms with Crippen LogP contribution in [0.25, 0.3) is 10.9 Å². The Balaban J connectivity index is 1.61. The molecule has 39 heavy (non-hydrogen) atoms. The molecule has 0 spiro atoms. The molecule has 0 unspecified atom stereocenters. The number of aromatic nitrogens is 1. The van der Waals surface area contributed by atoms with E-state index in [0.29, 0.717) is 16.6 Å². The number of H-pyrrole nitrogens is 1. The molecule has 0 saturated heterocycles. The lowest BCUT2D eigenvalue weighted by atomic mass is 10.0. The largest absolute Gasteiger partial charge is 0.508 e. The first-order valence-electron chi connectivity index (χ1n) is 12.7. The first-order chi connectivity index (χ1) is 18.5. The van der Waals surface area contributed by atoms with E-state index >= 15 is 0 Å². The first-order valence-corrected chi connectivity index (χ1v) is 14.2. The molecule has 0 radical (unpaired) electrons. The summed E-state index contributed by atoms with van der Waals surface area (Å²) in [6, 6.07) is 20.9. The fourth-order valence-electron chi connectivity index (χ4n) is 4.44. The number of sulfonamides is 1. The summed E-state index contributed by atoms with van der Waals surface area (Å²) in [6.07, 6.45) is -0.934. The highest BCUT2D eigenvalue weighted by Gasteiger charge is 2.31. The lowest BCUT2D eigenvalue weighted by molar-refractivity contribution is 0.0772. The van der Waals surface area contributed by atoms with Gasteiger partial charge in [0.05, 0.1) is 17.0 Å². The quantitative estimate of drug-likeness (QED) is 0.181. The van der Waals surface area contributed by atoms with Gasteiger partial charge in [0.15, 0.2) is 0 Å². The SMILES string of the molecule is CC(C)CN(C[C@@H](O)[C@H](Cc1ccccc1)NC(=O)c1cc2cc(O)ccc2[nH]1)S(=O)(=O)c1ccc(N)cc1. The van der Waals surface area contributed by atoms with Gasteiger partial charge in [-0.15, -0.1) is 0 Å². The summed E-state index contributed by atoms with van der Waals surface area (Å²) in [5.41, 5.74) is 8.00. The number of carbonyl (C=O) groups excluding carboxylic acids is 1. The highest BCUT2D eigenvalue weighted by Crippen LogP contribution is 2.22. The fourth-order valence-corrected chi connectivity index (χ4v) is 6.06. The third-order valence-corrected chi connectivity index (χ3v) is 8.25. The molecule has 0 bridgehead atoms. The molecule has 4 aromatic rings. The summed E-state index contributed by atoms with van der Waals surface area (Å²) in [4.78, 5) is 16.4. The maximum absolute atomic E-state index is 13.5. The van der Waals surface area contributed by atoms with Gasteiger partial charge in [-0.25, -0.2) is 8.42 Å². The Morgan fingerprint density at radius 3 is 2.36 bits per heavy atom. The van der Waals surface area contributed by atoms with Crippen LogP contribution in [-0.4, -0.2) is 59.1 Å². The van der Waals surface area contributed by atoms with Gasteiger partial charge in [0.2, 0.25) is 10.0 Å². The minimum absolute atomic E-state index is 0.00862. The summed E-state index contributed by atoms with van der Waals surface area (Å²) in [5, 5.41) is 24.7. The van der Waals surface area contributed by atoms with E-state index in [0.717, 1.165) is 5.56 Å². The monoisotopic (exact) mass is 550 g/mol. The van der Waals surface area contributed by atoms with Crippen molar-refractivity contribution in [2.45, 2.75) is 37.3 Å². The molecule has 2 atom stereocenters. The Bertz CT molecular complexity index is 1520. The van der Waals surface area contributed by atoms with Crippen molar-refractivity contribution < 1.29 is 23.4 Å². The number of nitrogens with two attached hydrogens (primary N) is 1. The minimum Gasteiger partial charge on any atom is -0.508 e. The van der Waals surface area contributed by atoms with Crippen molar-refractivity contribution in [3.05, 3.63) is 90.1 Å². The van der Waals surface area contributed by atoms with Gasteiger partial charge in [0.1, 0.15) is 11.4 Å². The number of phenolic OH excluding ortho intramolecular Hbond substituents is 1. The van der Waals surface area contributed by atoms with E-state index in [2.05, 4.69) is 10.3 Å². The standard InChI is InChI=1S/C29H34N4O5S/c1-19(2)17-33(39(37,38)24-11-8-22(30)9-12-24)18-28(35)26(14-20-6-4-3-5-7-20)32-29(36)27-16-21-15-23(34)10-13-25(21)31-27/h3-13,15-16,19,26,28,31,34-35H,14,17-18,30H2,1-2H3,(H,32,36)/t26-,28+/m0/s1. The number of anilines is 1. The van der Waals surface area contributed by atoms with Gasteiger partial charge in [-0.3, -0.25) is 4.79 Å². The number of benzene rings is 3. The van der Waals surface area contributed by atoms with Crippen molar-refractivity contribution in [3.63, 3.8) is 0 Å². The molecule has 3 aromatic carbocycles. The highest BCUT2D eigenvalue weighted by molar-refractivity contribution is 7.89. The number of aromatic hydroxyl groups is 1. The van der Waals surface area contributed by atoms with Crippen LogP contribution >= 0.6 is 0 Å². The normalized spacial score (nSPS) is 13.6. The third-order valence-electron chi connectivity index (χ3n) is 6.41. The van der Waals surface area contributed by atoms with Crippen LogP contribution in [0.3, 0.4) is 0 Å². The van der Waals surface area contributed by atoms with E-state index in [1.165, 1.54) is 34.6 Å². The number of rotatable bonds is 11. The molecule has 9 nitrogen and oxygen atoms in total. The molecule has 6 N–H and O–H groups in total. The molecule has 0 saturated carbocycles. The molecule has 10 heteroatoms. The number of phenols is 1. The number of carbonyl (C=O) groups is 1. The molecule has 0 aliphatic carbocycles. The van der Waals surface area contributed by atoms with E-state index in [4.69, 9.17) is 5.73 Å². The maximum atomic E-state index is 13.5. The summed E-state index contributed by atoms with van der Waals surface area (Å²) >= 11 is 0. The highest BCUT2D eigenvalue weighted by atomic mass is 32.2. The van der Waals surface area contributed by atoms with Crippen molar-refractivity contribution in [2.24, 2.45) is 5.92 Å². The van der Waals surface area contributed by atoms with Gasteiger partial charge in [-0.1, -0.05) is 44.2 Å². The van der Waals surface area contributed by atoms with Crippen LogP contribution in [0.2, 0.25) is 0 Å². The van der Waals surface area contributed by atoms with Crippen molar-refractivity contribution in [2.75, 3.05) is 18.8 Å². The van der Waals surface area contributed by atoms with Crippen LogP contribution < -0.4 is 11.1 Å². The number of nitrogens with zero attached hydrogens (tertiary/aromatic N) is 1. The summed E-state index contributed by atoms with van der Waals surface area (Å²) in [5.74, 6) is -0.383. The second-order valence-electron chi connectivity index (χ2n) is 10.1. The first kappa shape index (κ1) is 28.2. The number of aliphatic hydroxyl groups is 1. The zero-order chi connectivity index (χ0) is 28.2. The van der Waals surface area contributed by atoms with Gasteiger partial charge < -0.3 is 26.2 Å². The third kappa shape index (κ3) is 6.97. The molecular formula is C29H34N4O5S. The molecule has 0 aliphatic heterocycles. The Labute approximate surface area is 228 Å². The Kier molecular flexibility index (Phi) is 8.59. The number of aromatic amines is 1. The topological polar surface area (TPSA) is 149 Å². The maximum Gasteiger partial charge on any atom is 0.268 e. The minimum atomic E-state index is -3.94. The van der Waals surface area contributed by atoms with E-state index in [1.807, 2.05) is 44.2 Å². The van der Waals surface area contributed by atoms with Gasteiger partial charge in [-0.2, -0.15) is 4.31 Å². The smallest absolute Gasteiger partial charge is 0.268 e. The number of hydrogen-bond acceptors (Lipinski definition) is 6. The molecule has 206 valence electrons. The van der Waals surface area contributed by atoms with E-state index < -0.39 is 28.1 Å². The van der Waals surface area contributed by atoms with Crippen LogP contribution in [-0.2, 0) is 16.4 Å². The molecule has 4 rings (SSSR count). The lowest BCUT2D eigenvalue weighted by Crippen LogP contribution is -2.51. The van der Waals surface area contributed by atoms with Crippen LogP contribution in [0.5, 0.6) is 5.75 Å². The Morgan fingerprint density at radius 1 is 1.00 bits per heavy atom. The number of fused-ring (bicyclic) bond motifs is 1. The Morgan fingerprint density at radius 2 is 1.69 bits per heavy atom. The lowest BCUT2D eigenvalue weighted by Gasteiger charge is -2.30. The second-order valence-corrected chi connectivity index (χ2v) is 12.0. The number of nitrogen functional groups attached to an aromatic ring is 1. The Hall–Kier alpha value is -3.86. The second kappa shape index (κ2) is 11.9. The van der Waals surface area contributed by atoms with E-state index in [9.17, 15) is 23.4 Å². The summed E-state index contributed by atoms with van der Waals surface area (Å²) < 4.78 is 28.3. The molecule has 1 aromatic heterocycles. The predicted octanol–water partition coefficient (Wildman–Crippen LogP) is 3.50. The molecule has 0 fully saturated rings. The molecule has 1 amide bonds. The average molecular weight is 551 g/mol. The zero-order valence-electron chi connectivity index (χ0n) is 21.9. The van der Waals surface area contributed by atoms with Gasteiger partial charge >= 0.3 is 0 Å². The zero-order valence-corrected chi connectivity index (χ0v) is 22.7. The van der Waals surface area contributed by atoms with Crippen molar-refractivity contribution in [1.82, 2.24) is 14.6 Å². The van der Waals surface area contributed by atoms with Crippen LogP contribution in [0.15, 0.2) is 83.8 Å². The molecule has 1 heterocycles. The predicted molar refractivity (Wildman–Crippen MR) is 152 cm³/mol. The van der Waals surface area contributed by atoms with E-state index in [-0.39, 0.29) is 41.8 Å². The molecule has 0 aliphatic rings. The number of hydrogen-bond donors (Lipinski definition) is 5. The fraction of sp³-hybridized carbons (Fsp3) is 0.276.